The maximum Gasteiger partial charge on any atom is 0.137 e. The Morgan fingerprint density at radius 1 is 1.10 bits per heavy atom. The topological polar surface area (TPSA) is 29.3 Å². The largest absolute Gasteiger partial charge is 0.307 e. The van der Waals surface area contributed by atoms with Crippen molar-refractivity contribution < 1.29 is 8.78 Å². The molecule has 2 heterocycles. The monoisotopic (exact) mass is 307 g/mol. The summed E-state index contributed by atoms with van der Waals surface area (Å²) in [5.41, 5.74) is 1.88. The minimum Gasteiger partial charge on any atom is -0.307 e. The lowest BCUT2D eigenvalue weighted by molar-refractivity contribution is 0.567. The smallest absolute Gasteiger partial charge is 0.137 e. The molecule has 0 amide bonds. The first-order valence-electron chi connectivity index (χ1n) is 6.39. The Morgan fingerprint density at radius 2 is 1.95 bits per heavy atom. The molecule has 0 saturated carbocycles. The summed E-state index contributed by atoms with van der Waals surface area (Å²) >= 11 is 5.90. The zero-order valence-corrected chi connectivity index (χ0v) is 11.7. The lowest BCUT2D eigenvalue weighted by Gasteiger charge is -2.04. The Balaban J connectivity index is 1.67. The number of benzene rings is 1. The maximum atomic E-state index is 13.5. The second kappa shape index (κ2) is 5.79. The van der Waals surface area contributed by atoms with Gasteiger partial charge in [0.15, 0.2) is 0 Å². The molecule has 3 rings (SSSR count). The summed E-state index contributed by atoms with van der Waals surface area (Å²) in [5.74, 6) is -0.874. The van der Waals surface area contributed by atoms with Gasteiger partial charge in [0.05, 0.1) is 10.7 Å². The van der Waals surface area contributed by atoms with Gasteiger partial charge in [-0.15, -0.1) is 0 Å². The molecule has 0 spiro atoms. The fourth-order valence-corrected chi connectivity index (χ4v) is 2.27. The summed E-state index contributed by atoms with van der Waals surface area (Å²) in [4.78, 5) is 4.40. The van der Waals surface area contributed by atoms with Gasteiger partial charge in [0, 0.05) is 31.0 Å². The Morgan fingerprint density at radius 3 is 2.81 bits per heavy atom. The second-order valence-corrected chi connectivity index (χ2v) is 5.12. The third-order valence-electron chi connectivity index (χ3n) is 3.09. The molecular weight excluding hydrogens is 296 g/mol. The van der Waals surface area contributed by atoms with Crippen LogP contribution in [0.2, 0.25) is 5.02 Å². The molecule has 108 valence electrons. The van der Waals surface area contributed by atoms with Gasteiger partial charge >= 0.3 is 0 Å². The summed E-state index contributed by atoms with van der Waals surface area (Å²) in [6.45, 7) is 0.688. The highest BCUT2D eigenvalue weighted by molar-refractivity contribution is 6.30. The van der Waals surface area contributed by atoms with Crippen LogP contribution in [0.1, 0.15) is 11.3 Å². The number of pyridine rings is 1. The molecular formula is C15H12ClF2N3. The Kier molecular flexibility index (Phi) is 3.86. The van der Waals surface area contributed by atoms with E-state index >= 15 is 0 Å². The first kappa shape index (κ1) is 14.0. The van der Waals surface area contributed by atoms with Crippen molar-refractivity contribution in [2.24, 2.45) is 0 Å². The Labute approximate surface area is 125 Å². The van der Waals surface area contributed by atoms with E-state index in [-0.39, 0.29) is 6.54 Å². The maximum absolute atomic E-state index is 13.5. The molecule has 0 aliphatic carbocycles. The number of rotatable bonds is 4. The molecule has 0 unspecified atom stereocenters. The molecule has 0 saturated heterocycles. The number of fused-ring (bicyclic) bond motifs is 1. The van der Waals surface area contributed by atoms with Crippen LogP contribution in [0.15, 0.2) is 42.7 Å². The zero-order valence-electron chi connectivity index (χ0n) is 11.0. The summed E-state index contributed by atoms with van der Waals surface area (Å²) in [6.07, 6.45) is 3.61. The van der Waals surface area contributed by atoms with Crippen LogP contribution in [0.4, 0.5) is 8.78 Å². The average molecular weight is 308 g/mol. The van der Waals surface area contributed by atoms with E-state index in [9.17, 15) is 8.78 Å². The number of imidazole rings is 1. The van der Waals surface area contributed by atoms with Gasteiger partial charge in [-0.05, 0) is 30.3 Å². The SMILES string of the molecule is Fc1ccc(F)c(CNCc2cn3cc(Cl)ccc3n2)c1. The number of nitrogens with zero attached hydrogens (tertiary/aromatic N) is 2. The third kappa shape index (κ3) is 3.20. The second-order valence-electron chi connectivity index (χ2n) is 4.68. The van der Waals surface area contributed by atoms with E-state index in [0.29, 0.717) is 17.1 Å². The molecule has 3 aromatic rings. The van der Waals surface area contributed by atoms with Gasteiger partial charge in [-0.3, -0.25) is 0 Å². The molecule has 0 aliphatic heterocycles. The van der Waals surface area contributed by atoms with Crippen LogP contribution in [-0.4, -0.2) is 9.38 Å². The number of hydrogen-bond acceptors (Lipinski definition) is 2. The van der Waals surface area contributed by atoms with Crippen LogP contribution < -0.4 is 5.32 Å². The van der Waals surface area contributed by atoms with Crippen molar-refractivity contribution in [3.63, 3.8) is 0 Å². The van der Waals surface area contributed by atoms with E-state index in [1.807, 2.05) is 16.7 Å². The van der Waals surface area contributed by atoms with E-state index in [1.54, 1.807) is 12.3 Å². The van der Waals surface area contributed by atoms with Crippen molar-refractivity contribution in [3.8, 4) is 0 Å². The summed E-state index contributed by atoms with van der Waals surface area (Å²) in [5, 5.41) is 3.67. The van der Waals surface area contributed by atoms with Crippen LogP contribution in [0.3, 0.4) is 0 Å². The van der Waals surface area contributed by atoms with Crippen LogP contribution in [-0.2, 0) is 13.1 Å². The van der Waals surface area contributed by atoms with Crippen molar-refractivity contribution in [1.29, 1.82) is 0 Å². The number of hydrogen-bond donors (Lipinski definition) is 1. The molecule has 21 heavy (non-hydrogen) atoms. The normalized spacial score (nSPS) is 11.2. The number of aromatic nitrogens is 2. The lowest BCUT2D eigenvalue weighted by atomic mass is 10.2. The third-order valence-corrected chi connectivity index (χ3v) is 3.32. The van der Waals surface area contributed by atoms with Gasteiger partial charge in [-0.1, -0.05) is 11.6 Å². The van der Waals surface area contributed by atoms with Crippen molar-refractivity contribution in [2.45, 2.75) is 13.1 Å². The standard InChI is InChI=1S/C15H12ClF2N3/c16-11-1-4-15-20-13(9-21(15)8-11)7-19-6-10-5-12(17)2-3-14(10)18/h1-5,8-9,19H,6-7H2. The van der Waals surface area contributed by atoms with Gasteiger partial charge in [-0.2, -0.15) is 0 Å². The van der Waals surface area contributed by atoms with E-state index in [0.717, 1.165) is 23.5 Å². The van der Waals surface area contributed by atoms with Crippen molar-refractivity contribution in [3.05, 3.63) is 70.6 Å². The molecule has 0 radical (unpaired) electrons. The molecule has 2 aromatic heterocycles. The van der Waals surface area contributed by atoms with Crippen LogP contribution >= 0.6 is 11.6 Å². The molecule has 0 fully saturated rings. The highest BCUT2D eigenvalue weighted by Gasteiger charge is 2.05. The van der Waals surface area contributed by atoms with E-state index < -0.39 is 11.6 Å². The van der Waals surface area contributed by atoms with E-state index in [4.69, 9.17) is 11.6 Å². The zero-order chi connectivity index (χ0) is 14.8. The minimum absolute atomic E-state index is 0.234. The first-order chi connectivity index (χ1) is 10.1. The van der Waals surface area contributed by atoms with E-state index in [2.05, 4.69) is 10.3 Å². The highest BCUT2D eigenvalue weighted by Crippen LogP contribution is 2.12. The summed E-state index contributed by atoms with van der Waals surface area (Å²) in [7, 11) is 0. The van der Waals surface area contributed by atoms with Gasteiger partial charge in [-0.25, -0.2) is 13.8 Å². The molecule has 0 aliphatic rings. The number of nitrogens with one attached hydrogen (secondary N) is 1. The highest BCUT2D eigenvalue weighted by atomic mass is 35.5. The first-order valence-corrected chi connectivity index (χ1v) is 6.77. The Bertz CT molecular complexity index is 786. The van der Waals surface area contributed by atoms with Crippen LogP contribution in [0.25, 0.3) is 5.65 Å². The molecule has 0 atom stereocenters. The number of halogens is 3. The van der Waals surface area contributed by atoms with Crippen molar-refractivity contribution >= 4 is 17.2 Å². The van der Waals surface area contributed by atoms with Crippen LogP contribution in [0, 0.1) is 11.6 Å². The quantitative estimate of drug-likeness (QED) is 0.798. The molecule has 3 nitrogen and oxygen atoms in total. The average Bonchev–Trinajstić information content (AvgIpc) is 2.84. The molecule has 6 heteroatoms. The predicted molar refractivity (Wildman–Crippen MR) is 77.1 cm³/mol. The van der Waals surface area contributed by atoms with Crippen molar-refractivity contribution in [2.75, 3.05) is 0 Å². The van der Waals surface area contributed by atoms with E-state index in [1.165, 1.54) is 6.07 Å². The van der Waals surface area contributed by atoms with Gasteiger partial charge in [0.1, 0.15) is 17.3 Å². The van der Waals surface area contributed by atoms with Gasteiger partial charge < -0.3 is 9.72 Å². The van der Waals surface area contributed by atoms with Gasteiger partial charge in [0.25, 0.3) is 0 Å². The Hall–Kier alpha value is -1.98. The predicted octanol–water partition coefficient (Wildman–Crippen LogP) is 3.56. The lowest BCUT2D eigenvalue weighted by Crippen LogP contribution is -2.14. The summed E-state index contributed by atoms with van der Waals surface area (Å²) < 4.78 is 28.3. The molecule has 0 bridgehead atoms. The minimum atomic E-state index is -0.449. The fourth-order valence-electron chi connectivity index (χ4n) is 2.11. The fraction of sp³-hybridized carbons (Fsp3) is 0.133. The summed E-state index contributed by atoms with van der Waals surface area (Å²) in [6, 6.07) is 7.00. The van der Waals surface area contributed by atoms with Crippen molar-refractivity contribution in [1.82, 2.24) is 14.7 Å². The molecule has 1 aromatic carbocycles. The van der Waals surface area contributed by atoms with Gasteiger partial charge in [0.2, 0.25) is 0 Å². The van der Waals surface area contributed by atoms with Crippen LogP contribution in [0.5, 0.6) is 0 Å². The molecule has 1 N–H and O–H groups in total.